The highest BCUT2D eigenvalue weighted by molar-refractivity contribution is 5.70. The van der Waals surface area contributed by atoms with Gasteiger partial charge in [-0.05, 0) is 0 Å². The Balaban J connectivity index is 3.24. The summed E-state index contributed by atoms with van der Waals surface area (Å²) in [4.78, 5) is 7.77. The van der Waals surface area contributed by atoms with Gasteiger partial charge in [0.1, 0.15) is 18.0 Å². The molecule has 0 saturated heterocycles. The zero-order valence-electron chi connectivity index (χ0n) is 6.33. The second kappa shape index (κ2) is 3.01. The fourth-order valence-electron chi connectivity index (χ4n) is 0.810. The van der Waals surface area contributed by atoms with E-state index < -0.39 is 0 Å². The third-order valence-electron chi connectivity index (χ3n) is 1.36. The zero-order valence-corrected chi connectivity index (χ0v) is 6.33. The van der Waals surface area contributed by atoms with E-state index in [2.05, 4.69) is 21.9 Å². The number of aromatic nitrogens is 2. The van der Waals surface area contributed by atoms with Crippen molar-refractivity contribution in [3.05, 3.63) is 18.5 Å². The summed E-state index contributed by atoms with van der Waals surface area (Å²) < 4.78 is 0. The number of nitrogen functional groups attached to an aromatic ring is 1. The van der Waals surface area contributed by atoms with Crippen LogP contribution in [-0.2, 0) is 0 Å². The predicted molar refractivity (Wildman–Crippen MR) is 46.1 cm³/mol. The standard InChI is InChI=1S/C7H10N4/c1-3-5-6(8)10-4-11-7(5)9-2/h3-4H,1H2,2H3,(H3,8,9,10,11). The summed E-state index contributed by atoms with van der Waals surface area (Å²) in [6, 6.07) is 0. The van der Waals surface area contributed by atoms with Crippen LogP contribution in [0.25, 0.3) is 6.08 Å². The molecule has 0 aliphatic rings. The summed E-state index contributed by atoms with van der Waals surface area (Å²) in [5, 5.41) is 2.88. The smallest absolute Gasteiger partial charge is 0.138 e. The fraction of sp³-hybridized carbons (Fsp3) is 0.143. The van der Waals surface area contributed by atoms with Crippen LogP contribution in [0.5, 0.6) is 0 Å². The van der Waals surface area contributed by atoms with Crippen molar-refractivity contribution in [1.82, 2.24) is 9.97 Å². The molecule has 0 atom stereocenters. The fourth-order valence-corrected chi connectivity index (χ4v) is 0.810. The molecule has 4 nitrogen and oxygen atoms in total. The van der Waals surface area contributed by atoms with Crippen LogP contribution in [-0.4, -0.2) is 17.0 Å². The van der Waals surface area contributed by atoms with E-state index in [1.165, 1.54) is 6.33 Å². The first-order valence-electron chi connectivity index (χ1n) is 3.20. The molecule has 1 rings (SSSR count). The number of rotatable bonds is 2. The molecule has 0 bridgehead atoms. The van der Waals surface area contributed by atoms with E-state index in [1.807, 2.05) is 0 Å². The maximum absolute atomic E-state index is 5.55. The maximum Gasteiger partial charge on any atom is 0.138 e. The summed E-state index contributed by atoms with van der Waals surface area (Å²) >= 11 is 0. The number of nitrogens with two attached hydrogens (primary N) is 1. The third-order valence-corrected chi connectivity index (χ3v) is 1.36. The quantitative estimate of drug-likeness (QED) is 0.652. The monoisotopic (exact) mass is 150 g/mol. The Morgan fingerprint density at radius 1 is 1.64 bits per heavy atom. The van der Waals surface area contributed by atoms with Gasteiger partial charge in [-0.3, -0.25) is 0 Å². The molecule has 58 valence electrons. The van der Waals surface area contributed by atoms with Gasteiger partial charge in [-0.2, -0.15) is 0 Å². The zero-order chi connectivity index (χ0) is 8.27. The summed E-state index contributed by atoms with van der Waals surface area (Å²) in [5.41, 5.74) is 6.29. The predicted octanol–water partition coefficient (Wildman–Crippen LogP) is 0.743. The van der Waals surface area contributed by atoms with Crippen molar-refractivity contribution >= 4 is 17.7 Å². The average Bonchev–Trinajstić information content (AvgIpc) is 2.04. The van der Waals surface area contributed by atoms with Gasteiger partial charge in [0.25, 0.3) is 0 Å². The molecule has 0 aliphatic carbocycles. The van der Waals surface area contributed by atoms with Crippen LogP contribution in [0.3, 0.4) is 0 Å². The number of anilines is 2. The lowest BCUT2D eigenvalue weighted by Gasteiger charge is -2.04. The van der Waals surface area contributed by atoms with Gasteiger partial charge in [0.05, 0.1) is 5.56 Å². The summed E-state index contributed by atoms with van der Waals surface area (Å²) in [5.74, 6) is 1.15. The molecule has 0 spiro atoms. The summed E-state index contributed by atoms with van der Waals surface area (Å²) in [7, 11) is 1.77. The second-order valence-electron chi connectivity index (χ2n) is 1.98. The molecule has 3 N–H and O–H groups in total. The average molecular weight is 150 g/mol. The van der Waals surface area contributed by atoms with Crippen molar-refractivity contribution in [3.8, 4) is 0 Å². The van der Waals surface area contributed by atoms with Crippen LogP contribution >= 0.6 is 0 Å². The molecule has 0 aromatic carbocycles. The van der Waals surface area contributed by atoms with Gasteiger partial charge in [-0.25, -0.2) is 9.97 Å². The first kappa shape index (κ1) is 7.53. The minimum Gasteiger partial charge on any atom is -0.383 e. The summed E-state index contributed by atoms with van der Waals surface area (Å²) in [6.07, 6.45) is 3.04. The van der Waals surface area contributed by atoms with Crippen molar-refractivity contribution in [2.24, 2.45) is 0 Å². The highest BCUT2D eigenvalue weighted by atomic mass is 15.0. The van der Waals surface area contributed by atoms with Gasteiger partial charge in [-0.1, -0.05) is 12.7 Å². The number of hydrogen-bond donors (Lipinski definition) is 2. The molecule has 1 aromatic rings. The Morgan fingerprint density at radius 2 is 2.36 bits per heavy atom. The topological polar surface area (TPSA) is 63.8 Å². The van der Waals surface area contributed by atoms with Gasteiger partial charge in [-0.15, -0.1) is 0 Å². The Morgan fingerprint density at radius 3 is 2.82 bits per heavy atom. The van der Waals surface area contributed by atoms with Gasteiger partial charge in [0, 0.05) is 7.05 Å². The molecule has 0 saturated carbocycles. The molecular weight excluding hydrogens is 140 g/mol. The molecule has 0 aliphatic heterocycles. The molecule has 0 amide bonds. The van der Waals surface area contributed by atoms with E-state index in [-0.39, 0.29) is 0 Å². The lowest BCUT2D eigenvalue weighted by molar-refractivity contribution is 1.16. The summed E-state index contributed by atoms with van der Waals surface area (Å²) in [6.45, 7) is 3.60. The number of nitrogens with one attached hydrogen (secondary N) is 1. The first-order valence-corrected chi connectivity index (χ1v) is 3.20. The van der Waals surface area contributed by atoms with Gasteiger partial charge in [0.15, 0.2) is 0 Å². The van der Waals surface area contributed by atoms with Crippen molar-refractivity contribution in [1.29, 1.82) is 0 Å². The highest BCUT2D eigenvalue weighted by Gasteiger charge is 2.01. The van der Waals surface area contributed by atoms with Crippen LogP contribution in [0, 0.1) is 0 Å². The number of hydrogen-bond acceptors (Lipinski definition) is 4. The van der Waals surface area contributed by atoms with Gasteiger partial charge < -0.3 is 11.1 Å². The lowest BCUT2D eigenvalue weighted by Crippen LogP contribution is -2.01. The number of nitrogens with zero attached hydrogens (tertiary/aromatic N) is 2. The minimum atomic E-state index is 0.444. The molecule has 11 heavy (non-hydrogen) atoms. The van der Waals surface area contributed by atoms with Gasteiger partial charge in [0.2, 0.25) is 0 Å². The van der Waals surface area contributed by atoms with Crippen molar-refractivity contribution in [2.45, 2.75) is 0 Å². The molecule has 0 fully saturated rings. The van der Waals surface area contributed by atoms with E-state index in [0.717, 1.165) is 5.56 Å². The molecular formula is C7H10N4. The van der Waals surface area contributed by atoms with Crippen LogP contribution in [0.1, 0.15) is 5.56 Å². The van der Waals surface area contributed by atoms with Crippen LogP contribution in [0.15, 0.2) is 12.9 Å². The first-order chi connectivity index (χ1) is 5.29. The SMILES string of the molecule is C=Cc1c(N)ncnc1NC. The third kappa shape index (κ3) is 1.29. The van der Waals surface area contributed by atoms with Gasteiger partial charge >= 0.3 is 0 Å². The Hall–Kier alpha value is -1.58. The molecule has 0 radical (unpaired) electrons. The van der Waals surface area contributed by atoms with E-state index >= 15 is 0 Å². The van der Waals surface area contributed by atoms with Crippen molar-refractivity contribution in [2.75, 3.05) is 18.1 Å². The van der Waals surface area contributed by atoms with Crippen LogP contribution in [0.2, 0.25) is 0 Å². The lowest BCUT2D eigenvalue weighted by atomic mass is 10.3. The van der Waals surface area contributed by atoms with E-state index in [1.54, 1.807) is 13.1 Å². The van der Waals surface area contributed by atoms with E-state index in [4.69, 9.17) is 5.73 Å². The normalized spacial score (nSPS) is 9.18. The Labute approximate surface area is 65.2 Å². The second-order valence-corrected chi connectivity index (χ2v) is 1.98. The maximum atomic E-state index is 5.55. The molecule has 0 unspecified atom stereocenters. The minimum absolute atomic E-state index is 0.444. The molecule has 1 heterocycles. The van der Waals surface area contributed by atoms with E-state index in [9.17, 15) is 0 Å². The largest absolute Gasteiger partial charge is 0.383 e. The molecule has 1 aromatic heterocycles. The van der Waals surface area contributed by atoms with Crippen molar-refractivity contribution in [3.63, 3.8) is 0 Å². The van der Waals surface area contributed by atoms with Crippen molar-refractivity contribution < 1.29 is 0 Å². The van der Waals surface area contributed by atoms with Crippen LogP contribution < -0.4 is 11.1 Å². The Bertz CT molecular complexity index is 269. The van der Waals surface area contributed by atoms with E-state index in [0.29, 0.717) is 11.6 Å². The van der Waals surface area contributed by atoms with Crippen LogP contribution in [0.4, 0.5) is 11.6 Å². The molecule has 4 heteroatoms. The Kier molecular flexibility index (Phi) is 2.06. The highest BCUT2D eigenvalue weighted by Crippen LogP contribution is 2.16.